The van der Waals surface area contributed by atoms with Gasteiger partial charge >= 0.3 is 0 Å². The van der Waals surface area contributed by atoms with Crippen LogP contribution in [0.5, 0.6) is 11.5 Å². The van der Waals surface area contributed by atoms with E-state index < -0.39 is 0 Å². The number of ether oxygens (including phenoxy) is 1. The van der Waals surface area contributed by atoms with Gasteiger partial charge in [-0.15, -0.1) is 0 Å². The number of aldehydes is 1. The number of benzene rings is 2. The maximum Gasteiger partial charge on any atom is 0.157 e. The highest BCUT2D eigenvalue weighted by atomic mass is 16.5. The molecule has 0 heterocycles. The summed E-state index contributed by atoms with van der Waals surface area (Å²) >= 11 is 0. The molecule has 0 amide bonds. The molecule has 110 valence electrons. The van der Waals surface area contributed by atoms with Gasteiger partial charge in [0.1, 0.15) is 18.1 Å². The van der Waals surface area contributed by atoms with E-state index in [1.165, 1.54) is 11.1 Å². The second kappa shape index (κ2) is 6.93. The maximum absolute atomic E-state index is 10.3. The number of phenolic OH excluding ortho intramolecular Hbond substituents is 1. The van der Waals surface area contributed by atoms with E-state index in [9.17, 15) is 9.90 Å². The topological polar surface area (TPSA) is 46.5 Å². The van der Waals surface area contributed by atoms with Crippen molar-refractivity contribution in [1.82, 2.24) is 0 Å². The van der Waals surface area contributed by atoms with Crippen LogP contribution in [0.2, 0.25) is 0 Å². The third kappa shape index (κ3) is 3.85. The molecule has 0 aliphatic rings. The highest BCUT2D eigenvalue weighted by Crippen LogP contribution is 2.23. The zero-order valence-corrected chi connectivity index (χ0v) is 12.4. The van der Waals surface area contributed by atoms with Gasteiger partial charge in [0.2, 0.25) is 0 Å². The largest absolute Gasteiger partial charge is 0.508 e. The van der Waals surface area contributed by atoms with Crippen molar-refractivity contribution in [1.29, 1.82) is 0 Å². The molecule has 0 atom stereocenters. The standard InChI is InChI=1S/C18H20O3/c1-3-15-11-14(4-7-18(15)20)12-16-5-6-17(10-13(16)2)21-9-8-19/h4-8,10-11,20H,3,9,12H2,1-2H3. The first-order chi connectivity index (χ1) is 10.1. The number of carbonyl (C=O) groups is 1. The van der Waals surface area contributed by atoms with E-state index in [1.807, 2.05) is 44.2 Å². The van der Waals surface area contributed by atoms with Gasteiger partial charge in [0.15, 0.2) is 6.29 Å². The van der Waals surface area contributed by atoms with Crippen molar-refractivity contribution < 1.29 is 14.6 Å². The minimum Gasteiger partial charge on any atom is -0.508 e. The summed E-state index contributed by atoms with van der Waals surface area (Å²) in [6, 6.07) is 11.6. The number of hydrogen-bond acceptors (Lipinski definition) is 3. The summed E-state index contributed by atoms with van der Waals surface area (Å²) in [4.78, 5) is 10.3. The molecule has 3 heteroatoms. The van der Waals surface area contributed by atoms with Gasteiger partial charge in [0, 0.05) is 0 Å². The van der Waals surface area contributed by atoms with E-state index >= 15 is 0 Å². The van der Waals surface area contributed by atoms with Gasteiger partial charge in [-0.3, -0.25) is 4.79 Å². The van der Waals surface area contributed by atoms with Gasteiger partial charge < -0.3 is 9.84 Å². The van der Waals surface area contributed by atoms with Crippen LogP contribution in [-0.2, 0) is 17.6 Å². The van der Waals surface area contributed by atoms with E-state index in [0.717, 1.165) is 30.3 Å². The normalized spacial score (nSPS) is 10.4. The number of aromatic hydroxyl groups is 1. The third-order valence-corrected chi connectivity index (χ3v) is 3.55. The van der Waals surface area contributed by atoms with E-state index in [2.05, 4.69) is 0 Å². The predicted octanol–water partition coefficient (Wildman–Crippen LogP) is 3.43. The maximum atomic E-state index is 10.3. The van der Waals surface area contributed by atoms with Gasteiger partial charge in [-0.25, -0.2) is 0 Å². The minimum absolute atomic E-state index is 0.0800. The van der Waals surface area contributed by atoms with Gasteiger partial charge in [0.25, 0.3) is 0 Å². The summed E-state index contributed by atoms with van der Waals surface area (Å²) in [5.41, 5.74) is 4.48. The molecule has 3 nitrogen and oxygen atoms in total. The molecule has 0 saturated heterocycles. The molecule has 0 unspecified atom stereocenters. The van der Waals surface area contributed by atoms with E-state index in [1.54, 1.807) is 6.07 Å². The molecule has 0 aliphatic carbocycles. The fraction of sp³-hybridized carbons (Fsp3) is 0.278. The zero-order valence-electron chi connectivity index (χ0n) is 12.4. The Morgan fingerprint density at radius 2 is 1.95 bits per heavy atom. The summed E-state index contributed by atoms with van der Waals surface area (Å²) in [6.07, 6.45) is 2.37. The fourth-order valence-electron chi connectivity index (χ4n) is 2.34. The van der Waals surface area contributed by atoms with Crippen LogP contribution < -0.4 is 4.74 Å². The van der Waals surface area contributed by atoms with Crippen LogP contribution in [0.1, 0.15) is 29.2 Å². The van der Waals surface area contributed by atoms with E-state index in [0.29, 0.717) is 11.5 Å². The summed E-state index contributed by atoms with van der Waals surface area (Å²) in [6.45, 7) is 4.14. The Balaban J connectivity index is 2.17. The molecule has 0 spiro atoms. The van der Waals surface area contributed by atoms with Crippen LogP contribution in [-0.4, -0.2) is 18.0 Å². The quantitative estimate of drug-likeness (QED) is 0.827. The van der Waals surface area contributed by atoms with Crippen LogP contribution in [0, 0.1) is 6.92 Å². The van der Waals surface area contributed by atoms with Crippen molar-refractivity contribution in [3.8, 4) is 11.5 Å². The smallest absolute Gasteiger partial charge is 0.157 e. The van der Waals surface area contributed by atoms with Crippen molar-refractivity contribution in [3.63, 3.8) is 0 Å². The SMILES string of the molecule is CCc1cc(Cc2ccc(OCC=O)cc2C)ccc1O. The molecule has 0 radical (unpaired) electrons. The van der Waals surface area contributed by atoms with Crippen LogP contribution in [0.25, 0.3) is 0 Å². The molecule has 21 heavy (non-hydrogen) atoms. The lowest BCUT2D eigenvalue weighted by Gasteiger charge is -2.10. The number of aryl methyl sites for hydroxylation is 2. The third-order valence-electron chi connectivity index (χ3n) is 3.55. The predicted molar refractivity (Wildman–Crippen MR) is 83.0 cm³/mol. The first-order valence-corrected chi connectivity index (χ1v) is 7.10. The van der Waals surface area contributed by atoms with Crippen molar-refractivity contribution in [3.05, 3.63) is 58.7 Å². The lowest BCUT2D eigenvalue weighted by Crippen LogP contribution is -1.99. The monoisotopic (exact) mass is 284 g/mol. The van der Waals surface area contributed by atoms with Crippen LogP contribution in [0.4, 0.5) is 0 Å². The lowest BCUT2D eigenvalue weighted by atomic mass is 9.98. The van der Waals surface area contributed by atoms with Crippen molar-refractivity contribution in [2.24, 2.45) is 0 Å². The fourth-order valence-corrected chi connectivity index (χ4v) is 2.34. The summed E-state index contributed by atoms with van der Waals surface area (Å²) in [5, 5.41) is 9.73. The van der Waals surface area contributed by atoms with Gasteiger partial charge in [-0.1, -0.05) is 25.1 Å². The molecule has 0 fully saturated rings. The summed E-state index contributed by atoms with van der Waals surface area (Å²) < 4.78 is 5.29. The first kappa shape index (κ1) is 15.1. The molecule has 1 N–H and O–H groups in total. The number of phenols is 1. The number of rotatable bonds is 6. The van der Waals surface area contributed by atoms with Crippen molar-refractivity contribution in [2.45, 2.75) is 26.7 Å². The Bertz CT molecular complexity index is 632. The Morgan fingerprint density at radius 1 is 1.14 bits per heavy atom. The molecule has 2 rings (SSSR count). The molecule has 0 bridgehead atoms. The van der Waals surface area contributed by atoms with Gasteiger partial charge in [-0.05, 0) is 60.2 Å². The lowest BCUT2D eigenvalue weighted by molar-refractivity contribution is -0.109. The minimum atomic E-state index is 0.0800. The molecule has 2 aromatic rings. The number of carbonyl (C=O) groups excluding carboxylic acids is 1. The van der Waals surface area contributed by atoms with Crippen LogP contribution in [0.15, 0.2) is 36.4 Å². The molecular weight excluding hydrogens is 264 g/mol. The van der Waals surface area contributed by atoms with Gasteiger partial charge in [-0.2, -0.15) is 0 Å². The van der Waals surface area contributed by atoms with Crippen molar-refractivity contribution in [2.75, 3.05) is 6.61 Å². The Labute approximate surface area is 125 Å². The molecule has 0 aromatic heterocycles. The summed E-state index contributed by atoms with van der Waals surface area (Å²) in [5.74, 6) is 1.07. The second-order valence-corrected chi connectivity index (χ2v) is 5.06. The highest BCUT2D eigenvalue weighted by molar-refractivity contribution is 5.51. The molecular formula is C18H20O3. The summed E-state index contributed by atoms with van der Waals surface area (Å²) in [7, 11) is 0. The van der Waals surface area contributed by atoms with Crippen LogP contribution >= 0.6 is 0 Å². The van der Waals surface area contributed by atoms with E-state index in [-0.39, 0.29) is 6.61 Å². The molecule has 0 saturated carbocycles. The first-order valence-electron chi connectivity index (χ1n) is 7.10. The molecule has 0 aliphatic heterocycles. The Kier molecular flexibility index (Phi) is 4.99. The molecule has 2 aromatic carbocycles. The Hall–Kier alpha value is -2.29. The van der Waals surface area contributed by atoms with Gasteiger partial charge in [0.05, 0.1) is 0 Å². The van der Waals surface area contributed by atoms with E-state index in [4.69, 9.17) is 4.74 Å². The average Bonchev–Trinajstić information content (AvgIpc) is 2.49. The number of hydrogen-bond donors (Lipinski definition) is 1. The second-order valence-electron chi connectivity index (χ2n) is 5.06. The van der Waals surface area contributed by atoms with Crippen LogP contribution in [0.3, 0.4) is 0 Å². The average molecular weight is 284 g/mol. The van der Waals surface area contributed by atoms with Crippen molar-refractivity contribution >= 4 is 6.29 Å². The highest BCUT2D eigenvalue weighted by Gasteiger charge is 2.05. The zero-order chi connectivity index (χ0) is 15.2. The Morgan fingerprint density at radius 3 is 2.62 bits per heavy atom.